The van der Waals surface area contributed by atoms with Crippen LogP contribution in [0.15, 0.2) is 54.6 Å². The number of methoxy groups -OCH3 is 1. The first kappa shape index (κ1) is 24.1. The van der Waals surface area contributed by atoms with Gasteiger partial charge in [-0.15, -0.1) is 0 Å². The first-order valence-electron chi connectivity index (χ1n) is 11.5. The zero-order valence-electron chi connectivity index (χ0n) is 19.6. The molecule has 0 amide bonds. The maximum atomic E-state index is 13.5. The molecule has 2 aromatic rings. The van der Waals surface area contributed by atoms with Crippen LogP contribution >= 0.6 is 0 Å². The molecule has 0 spiro atoms. The van der Waals surface area contributed by atoms with E-state index in [1.165, 1.54) is 0 Å². The Labute approximate surface area is 191 Å². The molecule has 172 valence electrons. The molecule has 0 aliphatic heterocycles. The summed E-state index contributed by atoms with van der Waals surface area (Å²) in [6, 6.07) is 16.3. The van der Waals surface area contributed by atoms with Gasteiger partial charge in [-0.25, -0.2) is 0 Å². The van der Waals surface area contributed by atoms with Crippen molar-refractivity contribution in [2.75, 3.05) is 21.2 Å². The smallest absolute Gasteiger partial charge is 0.194 e. The standard InChI is InChI=1S/C27H35NO4/c1-5-26(28(2)3,24(29)21-14-16-23(32-4)17-15-21)18-10-9-13-22-19-27(22,31)25(30)20-11-7-6-8-12-20/h6-8,11-12,14-17,22,31H,5,9-10,13,18-19H2,1-4H3. The van der Waals surface area contributed by atoms with E-state index in [2.05, 4.69) is 6.92 Å². The first-order chi connectivity index (χ1) is 15.3. The summed E-state index contributed by atoms with van der Waals surface area (Å²) >= 11 is 0. The fraction of sp³-hybridized carbons (Fsp3) is 0.481. The fourth-order valence-electron chi connectivity index (χ4n) is 4.79. The average molecular weight is 438 g/mol. The molecule has 1 fully saturated rings. The van der Waals surface area contributed by atoms with Crippen molar-refractivity contribution in [3.8, 4) is 5.75 Å². The third kappa shape index (κ3) is 4.79. The molecule has 0 bridgehead atoms. The van der Waals surface area contributed by atoms with E-state index < -0.39 is 11.1 Å². The van der Waals surface area contributed by atoms with Gasteiger partial charge in [-0.2, -0.15) is 0 Å². The van der Waals surface area contributed by atoms with E-state index in [-0.39, 0.29) is 17.5 Å². The lowest BCUT2D eigenvalue weighted by molar-refractivity contribution is 0.0624. The minimum Gasteiger partial charge on any atom is -0.497 e. The van der Waals surface area contributed by atoms with Gasteiger partial charge in [-0.05, 0) is 70.0 Å². The number of unbranched alkanes of at least 4 members (excludes halogenated alkanes) is 1. The summed E-state index contributed by atoms with van der Waals surface area (Å²) in [6.45, 7) is 2.06. The van der Waals surface area contributed by atoms with Gasteiger partial charge >= 0.3 is 0 Å². The van der Waals surface area contributed by atoms with Crippen LogP contribution in [0, 0.1) is 5.92 Å². The number of Topliss-reactive ketones (excluding diaryl/α,β-unsaturated/α-hetero) is 2. The van der Waals surface area contributed by atoms with Crippen molar-refractivity contribution in [3.63, 3.8) is 0 Å². The molecular weight excluding hydrogens is 402 g/mol. The average Bonchev–Trinajstić information content (AvgIpc) is 3.49. The van der Waals surface area contributed by atoms with Crippen molar-refractivity contribution in [2.24, 2.45) is 5.92 Å². The highest BCUT2D eigenvalue weighted by molar-refractivity contribution is 6.04. The molecule has 32 heavy (non-hydrogen) atoms. The van der Waals surface area contributed by atoms with E-state index in [1.54, 1.807) is 19.2 Å². The molecule has 3 rings (SSSR count). The maximum Gasteiger partial charge on any atom is 0.194 e. The number of nitrogens with zero attached hydrogens (tertiary/aromatic N) is 1. The summed E-state index contributed by atoms with van der Waals surface area (Å²) in [5.41, 5.74) is -0.538. The van der Waals surface area contributed by atoms with Gasteiger partial charge in [0.15, 0.2) is 11.6 Å². The highest BCUT2D eigenvalue weighted by Gasteiger charge is 2.58. The van der Waals surface area contributed by atoms with E-state index in [9.17, 15) is 14.7 Å². The SMILES string of the molecule is CCC(CCCCC1CC1(O)C(=O)c1ccccc1)(C(=O)c1ccc(OC)cc1)N(C)C. The summed E-state index contributed by atoms with van der Waals surface area (Å²) in [4.78, 5) is 28.1. The number of carbonyl (C=O) groups is 2. The van der Waals surface area contributed by atoms with Gasteiger partial charge in [0.05, 0.1) is 12.6 Å². The van der Waals surface area contributed by atoms with Crippen molar-refractivity contribution in [1.82, 2.24) is 4.90 Å². The molecule has 1 aliphatic carbocycles. The third-order valence-electron chi connectivity index (χ3n) is 7.11. The van der Waals surface area contributed by atoms with E-state index >= 15 is 0 Å². The molecule has 1 saturated carbocycles. The monoisotopic (exact) mass is 437 g/mol. The fourth-order valence-corrected chi connectivity index (χ4v) is 4.79. The second kappa shape index (κ2) is 9.97. The van der Waals surface area contributed by atoms with Crippen LogP contribution in [0.2, 0.25) is 0 Å². The lowest BCUT2D eigenvalue weighted by atomic mass is 9.81. The number of ether oxygens (including phenoxy) is 1. The van der Waals surface area contributed by atoms with Gasteiger partial charge in [-0.3, -0.25) is 14.5 Å². The molecule has 1 N–H and O–H groups in total. The summed E-state index contributed by atoms with van der Waals surface area (Å²) in [6.07, 6.45) is 4.50. The quantitative estimate of drug-likeness (QED) is 0.382. The van der Waals surface area contributed by atoms with Gasteiger partial charge in [0.25, 0.3) is 0 Å². The zero-order valence-corrected chi connectivity index (χ0v) is 19.6. The summed E-state index contributed by atoms with van der Waals surface area (Å²) in [5.74, 6) is 0.683. The molecule has 3 atom stereocenters. The van der Waals surface area contributed by atoms with Crippen molar-refractivity contribution in [2.45, 2.75) is 56.6 Å². The van der Waals surface area contributed by atoms with Crippen molar-refractivity contribution < 1.29 is 19.4 Å². The number of hydrogen-bond donors (Lipinski definition) is 1. The van der Waals surface area contributed by atoms with Crippen LogP contribution in [0.5, 0.6) is 5.75 Å². The molecule has 1 aliphatic rings. The largest absolute Gasteiger partial charge is 0.497 e. The van der Waals surface area contributed by atoms with Crippen LogP contribution in [0.25, 0.3) is 0 Å². The minimum absolute atomic E-state index is 0.00267. The van der Waals surface area contributed by atoms with Crippen LogP contribution in [0.1, 0.15) is 66.2 Å². The summed E-state index contributed by atoms with van der Waals surface area (Å²) < 4.78 is 5.21. The Balaban J connectivity index is 1.58. The van der Waals surface area contributed by atoms with E-state index in [1.807, 2.05) is 61.5 Å². The predicted molar refractivity (Wildman–Crippen MR) is 126 cm³/mol. The lowest BCUT2D eigenvalue weighted by Crippen LogP contribution is -2.50. The molecule has 5 heteroatoms. The van der Waals surface area contributed by atoms with Gasteiger partial charge in [-0.1, -0.05) is 50.1 Å². The number of aliphatic hydroxyl groups is 1. The van der Waals surface area contributed by atoms with Crippen LogP contribution in [-0.2, 0) is 0 Å². The lowest BCUT2D eigenvalue weighted by Gasteiger charge is -2.38. The van der Waals surface area contributed by atoms with Crippen molar-refractivity contribution in [1.29, 1.82) is 0 Å². The maximum absolute atomic E-state index is 13.5. The summed E-state index contributed by atoms with van der Waals surface area (Å²) in [5, 5.41) is 10.8. The van der Waals surface area contributed by atoms with Gasteiger partial charge < -0.3 is 9.84 Å². The van der Waals surface area contributed by atoms with E-state index in [0.29, 0.717) is 24.0 Å². The Morgan fingerprint density at radius 1 is 1.06 bits per heavy atom. The highest BCUT2D eigenvalue weighted by atomic mass is 16.5. The van der Waals surface area contributed by atoms with Gasteiger partial charge in [0.1, 0.15) is 11.4 Å². The number of ketones is 2. The second-order valence-electron chi connectivity index (χ2n) is 9.10. The predicted octanol–water partition coefficient (Wildman–Crippen LogP) is 4.78. The van der Waals surface area contributed by atoms with Crippen LogP contribution in [0.3, 0.4) is 0 Å². The molecule has 0 aromatic heterocycles. The molecule has 3 unspecified atom stereocenters. The van der Waals surface area contributed by atoms with Crippen LogP contribution in [-0.4, -0.2) is 53.9 Å². The molecule has 0 radical (unpaired) electrons. The number of likely N-dealkylation sites (N-methyl/N-ethyl adjacent to an activating group) is 1. The Bertz CT molecular complexity index is 924. The zero-order chi connectivity index (χ0) is 23.4. The summed E-state index contributed by atoms with van der Waals surface area (Å²) in [7, 11) is 5.54. The second-order valence-corrected chi connectivity index (χ2v) is 9.10. The first-order valence-corrected chi connectivity index (χ1v) is 11.5. The molecule has 0 saturated heterocycles. The third-order valence-corrected chi connectivity index (χ3v) is 7.11. The van der Waals surface area contributed by atoms with Gasteiger partial charge in [0, 0.05) is 11.1 Å². The van der Waals surface area contributed by atoms with Crippen molar-refractivity contribution in [3.05, 3.63) is 65.7 Å². The minimum atomic E-state index is -1.22. The molecule has 2 aromatic carbocycles. The topological polar surface area (TPSA) is 66.8 Å². The molecular formula is C27H35NO4. The number of rotatable bonds is 12. The van der Waals surface area contributed by atoms with Gasteiger partial charge in [0.2, 0.25) is 0 Å². The van der Waals surface area contributed by atoms with Crippen LogP contribution in [0.4, 0.5) is 0 Å². The Kier molecular flexibility index (Phi) is 7.52. The number of carbonyl (C=O) groups excluding carboxylic acids is 2. The number of hydrogen-bond acceptors (Lipinski definition) is 5. The van der Waals surface area contributed by atoms with E-state index in [4.69, 9.17) is 4.74 Å². The van der Waals surface area contributed by atoms with Crippen LogP contribution < -0.4 is 4.74 Å². The Morgan fingerprint density at radius 2 is 1.72 bits per heavy atom. The highest BCUT2D eigenvalue weighted by Crippen LogP contribution is 2.49. The number of benzene rings is 2. The van der Waals surface area contributed by atoms with E-state index in [0.717, 1.165) is 31.4 Å². The normalized spacial score (nSPS) is 21.8. The molecule has 5 nitrogen and oxygen atoms in total. The Morgan fingerprint density at radius 3 is 2.28 bits per heavy atom. The molecule has 0 heterocycles. The Hall–Kier alpha value is -2.50. The van der Waals surface area contributed by atoms with Crippen molar-refractivity contribution >= 4 is 11.6 Å².